The van der Waals surface area contributed by atoms with E-state index in [0.717, 1.165) is 44.9 Å². The number of ether oxygens (including phenoxy) is 4. The maximum Gasteiger partial charge on any atom is 0.246 e. The minimum atomic E-state index is -0.695. The Bertz CT molecular complexity index is 3380. The molecule has 2 aliphatic heterocycles. The van der Waals surface area contributed by atoms with Crippen LogP contribution in [-0.4, -0.2) is 182 Å². The molecule has 0 bridgehead atoms. The summed E-state index contributed by atoms with van der Waals surface area (Å²) in [6.45, 7) is 10.2. The second-order valence-electron chi connectivity index (χ2n) is 21.7. The second kappa shape index (κ2) is 30.3. The smallest absolute Gasteiger partial charge is 0.246 e. The number of carbonyl (C=O) groups excluding carboxylic acids is 5. The van der Waals surface area contributed by atoms with Gasteiger partial charge in [0.2, 0.25) is 35.4 Å². The van der Waals surface area contributed by atoms with Gasteiger partial charge in [-0.2, -0.15) is 4.98 Å². The number of phenols is 1. The molecule has 4 aromatic carbocycles. The number of rotatable bonds is 28. The molecule has 458 valence electrons. The fraction of sp³-hybridized carbons (Fsp3) is 0.460. The number of hydrogen-bond donors (Lipinski definition) is 4. The molecule has 3 atom stereocenters. The van der Waals surface area contributed by atoms with Crippen molar-refractivity contribution in [3.05, 3.63) is 112 Å². The monoisotopic (exact) mass is 1220 g/mol. The van der Waals surface area contributed by atoms with Crippen LogP contribution in [0.2, 0.25) is 5.02 Å². The van der Waals surface area contributed by atoms with Gasteiger partial charge in [0, 0.05) is 81.2 Å². The van der Waals surface area contributed by atoms with Crippen molar-refractivity contribution < 1.29 is 52.4 Å². The third-order valence-electron chi connectivity index (χ3n) is 16.1. The Labute approximate surface area is 509 Å². The van der Waals surface area contributed by atoms with E-state index in [1.165, 1.54) is 23.5 Å². The van der Waals surface area contributed by atoms with Gasteiger partial charge in [0.25, 0.3) is 0 Å². The first-order chi connectivity index (χ1) is 41.7. The van der Waals surface area contributed by atoms with E-state index in [4.69, 9.17) is 40.5 Å². The summed E-state index contributed by atoms with van der Waals surface area (Å²) < 4.78 is 40.0. The number of nitrogens with one attached hydrogen (secondary N) is 3. The van der Waals surface area contributed by atoms with Crippen molar-refractivity contribution in [2.75, 3.05) is 116 Å². The summed E-state index contributed by atoms with van der Waals surface area (Å²) in [5, 5.41) is 24.1. The molecule has 2 aromatic heterocycles. The largest absolute Gasteiger partial charge is 0.508 e. The van der Waals surface area contributed by atoms with Crippen molar-refractivity contribution in [2.24, 2.45) is 5.92 Å². The van der Waals surface area contributed by atoms with E-state index in [-0.39, 0.29) is 95.4 Å². The van der Waals surface area contributed by atoms with Gasteiger partial charge >= 0.3 is 0 Å². The minimum absolute atomic E-state index is 0.00215. The van der Waals surface area contributed by atoms with E-state index in [1.54, 1.807) is 72.6 Å². The molecule has 1 unspecified atom stereocenters. The average molecular weight is 1220 g/mol. The van der Waals surface area contributed by atoms with Gasteiger partial charge in [0.1, 0.15) is 46.2 Å². The topological polar surface area (TPSA) is 230 Å². The number of phenolic OH excluding ortho intramolecular Hbond substituents is 1. The molecule has 2 saturated heterocycles. The van der Waals surface area contributed by atoms with Crippen molar-refractivity contribution in [3.63, 3.8) is 0 Å². The second-order valence-corrected chi connectivity index (χ2v) is 23.0. The van der Waals surface area contributed by atoms with Gasteiger partial charge in [-0.05, 0) is 98.3 Å². The zero-order valence-corrected chi connectivity index (χ0v) is 50.6. The lowest BCUT2D eigenvalue weighted by molar-refractivity contribution is -0.139. The predicted molar refractivity (Wildman–Crippen MR) is 330 cm³/mol. The summed E-state index contributed by atoms with van der Waals surface area (Å²) in [4.78, 5) is 87.7. The van der Waals surface area contributed by atoms with E-state index < -0.39 is 17.9 Å². The van der Waals surface area contributed by atoms with Crippen LogP contribution in [0, 0.1) is 11.7 Å². The Morgan fingerprint density at radius 3 is 2.34 bits per heavy atom. The minimum Gasteiger partial charge on any atom is -0.508 e. The Morgan fingerprint density at radius 2 is 1.59 bits per heavy atom. The molecule has 1 saturated carbocycles. The first-order valence-electron chi connectivity index (χ1n) is 29.5. The van der Waals surface area contributed by atoms with Gasteiger partial charge in [0.15, 0.2) is 5.82 Å². The summed E-state index contributed by atoms with van der Waals surface area (Å²) in [6.07, 6.45) is 7.91. The van der Waals surface area contributed by atoms with Crippen LogP contribution in [-0.2, 0) is 33.4 Å². The summed E-state index contributed by atoms with van der Waals surface area (Å²) in [7, 11) is 3.41. The normalized spacial score (nSPS) is 16.3. The molecule has 3 aliphatic rings. The lowest BCUT2D eigenvalue weighted by atomic mass is 9.83. The number of ketones is 1. The van der Waals surface area contributed by atoms with Gasteiger partial charge in [-0.25, -0.2) is 14.4 Å². The van der Waals surface area contributed by atoms with E-state index >= 15 is 4.39 Å². The number of benzene rings is 4. The third kappa shape index (κ3) is 15.6. The molecular weight excluding hydrogens is 1140 g/mol. The number of hydrogen-bond acceptors (Lipinski definition) is 17. The molecule has 86 heavy (non-hydrogen) atoms. The molecule has 4 amide bonds. The Kier molecular flexibility index (Phi) is 22.3. The van der Waals surface area contributed by atoms with Crippen molar-refractivity contribution in [3.8, 4) is 22.6 Å². The lowest BCUT2D eigenvalue weighted by Gasteiger charge is -2.35. The van der Waals surface area contributed by atoms with Crippen LogP contribution in [0.1, 0.15) is 85.4 Å². The van der Waals surface area contributed by atoms with Crippen LogP contribution in [0.15, 0.2) is 84.8 Å². The number of aromatic nitrogens is 3. The maximum absolute atomic E-state index is 17.0. The molecule has 0 spiro atoms. The Balaban J connectivity index is 0.676. The summed E-state index contributed by atoms with van der Waals surface area (Å²) >= 11 is 8.26. The Morgan fingerprint density at radius 1 is 0.860 bits per heavy atom. The van der Waals surface area contributed by atoms with Crippen LogP contribution < -0.4 is 25.6 Å². The van der Waals surface area contributed by atoms with E-state index in [2.05, 4.69) is 27.5 Å². The quantitative estimate of drug-likeness (QED) is 0.0206. The van der Waals surface area contributed by atoms with Crippen molar-refractivity contribution in [1.82, 2.24) is 40.3 Å². The van der Waals surface area contributed by atoms with E-state index in [0.29, 0.717) is 122 Å². The van der Waals surface area contributed by atoms with Crippen LogP contribution in [0.5, 0.6) is 11.5 Å². The molecule has 4 N–H and O–H groups in total. The molecule has 20 nitrogen and oxygen atoms in total. The highest BCUT2D eigenvalue weighted by molar-refractivity contribution is 7.10. The highest BCUT2D eigenvalue weighted by Crippen LogP contribution is 2.43. The van der Waals surface area contributed by atoms with Crippen LogP contribution in [0.25, 0.3) is 32.8 Å². The predicted octanol–water partition coefficient (Wildman–Crippen LogP) is 8.20. The summed E-state index contributed by atoms with van der Waals surface area (Å²) in [6, 6.07) is 17.7. The number of piperazine rings is 1. The SMILES string of the molecule is C=CC(=O)N1CCN(c2nc(NCCC(=O)N(C)CCOCCOCCOCCOc3cccc(C(=O)c4csc([C@@H]5CCCN5C(=O)C(NC(=O)[C@H](C)NC)C5CCCCC5)n4)c3)nc3c(F)c(-c4cc(O)cc5ccccc45)c(Cl)cc23)CC1. The van der Waals surface area contributed by atoms with Gasteiger partial charge in [-0.15, -0.1) is 11.3 Å². The van der Waals surface area contributed by atoms with Gasteiger partial charge in [-0.3, -0.25) is 24.0 Å². The maximum atomic E-state index is 17.0. The number of halogens is 2. The first kappa shape index (κ1) is 63.2. The van der Waals surface area contributed by atoms with E-state index in [9.17, 15) is 29.1 Å². The standard InChI is InChI=1S/C63H76ClFN10O10S/c1-5-52(77)73-23-25-74(26-24-73)59-48-38-49(64)54(47-37-44(76)35-42-15-9-10-18-46(42)47)55(65)57(48)70-63(71-59)67-21-20-53(78)72(4)27-28-82-29-30-83-31-32-84-33-34-85-45-17-11-16-43(36-45)58(79)50-39-86-61(68-50)51-19-12-22-75(51)62(81)56(41-13-7-6-8-14-41)69-60(80)40(2)66-3/h5,9-11,15-18,35-41,51,56,66,76H,1,6-8,12-14,19-34H2,2-4H3,(H,69,80)(H,67,70,71)/t40-,51-,56?/m0/s1. The summed E-state index contributed by atoms with van der Waals surface area (Å²) in [5.74, 6) is -0.472. The number of carbonyl (C=O) groups is 5. The molecule has 9 rings (SSSR count). The van der Waals surface area contributed by atoms with Crippen molar-refractivity contribution in [2.45, 2.75) is 76.4 Å². The number of likely N-dealkylation sites (N-methyl/N-ethyl adjacent to an activating group) is 2. The molecule has 3 fully saturated rings. The first-order valence-corrected chi connectivity index (χ1v) is 30.8. The van der Waals surface area contributed by atoms with Gasteiger partial charge < -0.3 is 59.6 Å². The zero-order chi connectivity index (χ0) is 60.7. The van der Waals surface area contributed by atoms with Crippen molar-refractivity contribution >= 4 is 85.8 Å². The number of nitrogens with zero attached hydrogens (tertiary/aromatic N) is 7. The van der Waals surface area contributed by atoms with E-state index in [1.807, 2.05) is 34.1 Å². The third-order valence-corrected chi connectivity index (χ3v) is 17.3. The van der Waals surface area contributed by atoms with Gasteiger partial charge in [0.05, 0.1) is 56.7 Å². The van der Waals surface area contributed by atoms with Crippen LogP contribution in [0.3, 0.4) is 0 Å². The number of likely N-dealkylation sites (tertiary alicyclic amines) is 1. The van der Waals surface area contributed by atoms with Gasteiger partial charge in [-0.1, -0.05) is 73.8 Å². The highest BCUT2D eigenvalue weighted by atomic mass is 35.5. The number of thiazole rings is 1. The molecule has 1 aliphatic carbocycles. The fourth-order valence-corrected chi connectivity index (χ4v) is 12.5. The molecular formula is C63H76ClFN10O10S. The van der Waals surface area contributed by atoms with Crippen LogP contribution >= 0.6 is 22.9 Å². The van der Waals surface area contributed by atoms with Crippen LogP contribution in [0.4, 0.5) is 16.2 Å². The van der Waals surface area contributed by atoms with Crippen molar-refractivity contribution in [1.29, 1.82) is 0 Å². The summed E-state index contributed by atoms with van der Waals surface area (Å²) in [5.41, 5.74) is 1.22. The fourth-order valence-electron chi connectivity index (χ4n) is 11.2. The number of anilines is 2. The average Bonchev–Trinajstić information content (AvgIpc) is 1.60. The Hall–Kier alpha value is -7.34. The highest BCUT2D eigenvalue weighted by Gasteiger charge is 2.40. The number of aromatic hydroxyl groups is 1. The molecule has 6 aromatic rings. The zero-order valence-electron chi connectivity index (χ0n) is 49.0. The molecule has 4 heterocycles. The number of fused-ring (bicyclic) bond motifs is 2. The number of amides is 4. The lowest BCUT2D eigenvalue weighted by Crippen LogP contribution is -2.55. The molecule has 23 heteroatoms. The molecule has 0 radical (unpaired) electrons.